The van der Waals surface area contributed by atoms with Crippen molar-refractivity contribution in [3.8, 4) is 11.1 Å². The van der Waals surface area contributed by atoms with Crippen molar-refractivity contribution >= 4 is 16.0 Å². The third kappa shape index (κ3) is 5.53. The molecule has 0 radical (unpaired) electrons. The Morgan fingerprint density at radius 2 is 1.45 bits per heavy atom. The lowest BCUT2D eigenvalue weighted by molar-refractivity contribution is 0.0472. The van der Waals surface area contributed by atoms with Crippen molar-refractivity contribution in [1.29, 1.82) is 0 Å². The van der Waals surface area contributed by atoms with Crippen LogP contribution in [0.15, 0.2) is 83.8 Å². The molecule has 0 saturated heterocycles. The van der Waals surface area contributed by atoms with E-state index >= 15 is 0 Å². The molecule has 0 bridgehead atoms. The first-order chi connectivity index (χ1) is 13.8. The third-order valence-corrected chi connectivity index (χ3v) is 5.90. The van der Waals surface area contributed by atoms with E-state index in [2.05, 4.69) is 4.72 Å². The maximum Gasteiger partial charge on any atom is 0.338 e. The molecule has 3 aromatic carbocycles. The van der Waals surface area contributed by atoms with Gasteiger partial charge in [-0.2, -0.15) is 0 Å². The van der Waals surface area contributed by atoms with E-state index in [1.807, 2.05) is 54.6 Å². The fraction of sp³-hybridized carbons (Fsp3) is 0.174. The monoisotopic (exact) mass is 409 g/mol. The van der Waals surface area contributed by atoms with Crippen molar-refractivity contribution in [2.75, 3.05) is 0 Å². The highest BCUT2D eigenvalue weighted by molar-refractivity contribution is 7.89. The zero-order chi connectivity index (χ0) is 20.9. The maximum absolute atomic E-state index is 12.3. The molecule has 0 saturated carbocycles. The van der Waals surface area contributed by atoms with Crippen molar-refractivity contribution in [2.24, 2.45) is 0 Å². The van der Waals surface area contributed by atoms with Gasteiger partial charge in [-0.05, 0) is 54.8 Å². The summed E-state index contributed by atoms with van der Waals surface area (Å²) in [6.07, 6.45) is 0. The lowest BCUT2D eigenvalue weighted by atomic mass is 10.0. The van der Waals surface area contributed by atoms with Crippen LogP contribution in [0.4, 0.5) is 0 Å². The highest BCUT2D eigenvalue weighted by atomic mass is 32.2. The summed E-state index contributed by atoms with van der Waals surface area (Å²) in [5.41, 5.74) is 3.39. The van der Waals surface area contributed by atoms with Crippen LogP contribution in [0.3, 0.4) is 0 Å². The number of carbonyl (C=O) groups is 1. The van der Waals surface area contributed by atoms with Gasteiger partial charge in [0.2, 0.25) is 10.0 Å². The Hall–Kier alpha value is -2.96. The highest BCUT2D eigenvalue weighted by Crippen LogP contribution is 2.20. The van der Waals surface area contributed by atoms with E-state index in [4.69, 9.17) is 4.74 Å². The Bertz CT molecular complexity index is 1060. The van der Waals surface area contributed by atoms with Gasteiger partial charge in [-0.1, -0.05) is 54.6 Å². The summed E-state index contributed by atoms with van der Waals surface area (Å²) >= 11 is 0. The molecule has 150 valence electrons. The van der Waals surface area contributed by atoms with Gasteiger partial charge in [-0.25, -0.2) is 17.9 Å². The SMILES string of the molecule is CC(C)NS(=O)(=O)c1ccc(C(=O)OCc2ccc(-c3ccccc3)cc2)cc1. The zero-order valence-electron chi connectivity index (χ0n) is 16.3. The first kappa shape index (κ1) is 20.8. The molecule has 0 aliphatic heterocycles. The number of ether oxygens (including phenoxy) is 1. The summed E-state index contributed by atoms with van der Waals surface area (Å²) in [7, 11) is -3.59. The fourth-order valence-electron chi connectivity index (χ4n) is 2.80. The molecule has 0 heterocycles. The minimum Gasteiger partial charge on any atom is -0.457 e. The van der Waals surface area contributed by atoms with Crippen molar-refractivity contribution in [2.45, 2.75) is 31.4 Å². The molecular formula is C23H23NO4S. The van der Waals surface area contributed by atoms with Crippen LogP contribution < -0.4 is 4.72 Å². The lowest BCUT2D eigenvalue weighted by Gasteiger charge is -2.10. The standard InChI is InChI=1S/C23H23NO4S/c1-17(2)24-29(26,27)22-14-12-21(13-15-22)23(25)28-16-18-8-10-20(11-9-18)19-6-4-3-5-7-19/h3-15,17,24H,16H2,1-2H3. The predicted molar refractivity (Wildman–Crippen MR) is 113 cm³/mol. The Labute approximate surface area is 171 Å². The first-order valence-corrected chi connectivity index (χ1v) is 10.8. The molecule has 0 aromatic heterocycles. The fourth-order valence-corrected chi connectivity index (χ4v) is 4.06. The number of sulfonamides is 1. The second-order valence-electron chi connectivity index (χ2n) is 6.94. The van der Waals surface area contributed by atoms with Gasteiger partial charge in [0.05, 0.1) is 10.5 Å². The number of nitrogens with one attached hydrogen (secondary N) is 1. The number of carbonyl (C=O) groups excluding carboxylic acids is 1. The average Bonchev–Trinajstić information content (AvgIpc) is 2.72. The Balaban J connectivity index is 1.61. The summed E-state index contributed by atoms with van der Waals surface area (Å²) in [5.74, 6) is -0.502. The van der Waals surface area contributed by atoms with Crippen molar-refractivity contribution in [1.82, 2.24) is 4.72 Å². The van der Waals surface area contributed by atoms with E-state index in [0.717, 1.165) is 16.7 Å². The highest BCUT2D eigenvalue weighted by Gasteiger charge is 2.16. The van der Waals surface area contributed by atoms with Gasteiger partial charge >= 0.3 is 5.97 Å². The van der Waals surface area contributed by atoms with E-state index in [1.165, 1.54) is 24.3 Å². The topological polar surface area (TPSA) is 72.5 Å². The minimum absolute atomic E-state index is 0.110. The van der Waals surface area contributed by atoms with Crippen LogP contribution in [-0.2, 0) is 21.4 Å². The summed E-state index contributed by atoms with van der Waals surface area (Å²) in [6, 6.07) is 23.3. The van der Waals surface area contributed by atoms with Gasteiger partial charge < -0.3 is 4.74 Å². The van der Waals surface area contributed by atoms with E-state index < -0.39 is 16.0 Å². The van der Waals surface area contributed by atoms with Crippen LogP contribution in [0.5, 0.6) is 0 Å². The normalized spacial score (nSPS) is 11.4. The molecule has 29 heavy (non-hydrogen) atoms. The zero-order valence-corrected chi connectivity index (χ0v) is 17.1. The molecule has 0 spiro atoms. The minimum atomic E-state index is -3.59. The van der Waals surface area contributed by atoms with E-state index in [9.17, 15) is 13.2 Å². The van der Waals surface area contributed by atoms with Crippen LogP contribution in [-0.4, -0.2) is 20.4 Å². The number of rotatable bonds is 7. The van der Waals surface area contributed by atoms with E-state index in [-0.39, 0.29) is 17.5 Å². The molecule has 5 nitrogen and oxygen atoms in total. The van der Waals surface area contributed by atoms with Gasteiger partial charge in [-0.3, -0.25) is 0 Å². The average molecular weight is 410 g/mol. The first-order valence-electron chi connectivity index (χ1n) is 9.29. The molecule has 0 unspecified atom stereocenters. The van der Waals surface area contributed by atoms with Gasteiger partial charge in [-0.15, -0.1) is 0 Å². The van der Waals surface area contributed by atoms with Gasteiger partial charge in [0.1, 0.15) is 6.61 Å². The number of hydrogen-bond acceptors (Lipinski definition) is 4. The molecule has 6 heteroatoms. The van der Waals surface area contributed by atoms with Gasteiger partial charge in [0.25, 0.3) is 0 Å². The smallest absolute Gasteiger partial charge is 0.338 e. The van der Waals surface area contributed by atoms with Gasteiger partial charge in [0, 0.05) is 6.04 Å². The van der Waals surface area contributed by atoms with E-state index in [0.29, 0.717) is 5.56 Å². The number of hydrogen-bond donors (Lipinski definition) is 1. The molecule has 0 fully saturated rings. The Morgan fingerprint density at radius 3 is 2.03 bits per heavy atom. The molecule has 1 N–H and O–H groups in total. The number of esters is 1. The lowest BCUT2D eigenvalue weighted by Crippen LogP contribution is -2.30. The largest absolute Gasteiger partial charge is 0.457 e. The molecular weight excluding hydrogens is 386 g/mol. The van der Waals surface area contributed by atoms with Crippen LogP contribution in [0.2, 0.25) is 0 Å². The molecule has 3 rings (SSSR count). The van der Waals surface area contributed by atoms with Crippen LogP contribution in [0.1, 0.15) is 29.8 Å². The van der Waals surface area contributed by atoms with Crippen molar-refractivity contribution in [3.63, 3.8) is 0 Å². The van der Waals surface area contributed by atoms with Crippen molar-refractivity contribution < 1.29 is 17.9 Å². The molecule has 0 aliphatic carbocycles. The number of benzene rings is 3. The predicted octanol–water partition coefficient (Wildman–Crippen LogP) is 4.40. The Morgan fingerprint density at radius 1 is 0.862 bits per heavy atom. The summed E-state index contributed by atoms with van der Waals surface area (Å²) in [4.78, 5) is 12.4. The van der Waals surface area contributed by atoms with Crippen LogP contribution in [0, 0.1) is 0 Å². The van der Waals surface area contributed by atoms with E-state index in [1.54, 1.807) is 13.8 Å². The second kappa shape index (κ2) is 9.03. The van der Waals surface area contributed by atoms with Gasteiger partial charge in [0.15, 0.2) is 0 Å². The molecule has 3 aromatic rings. The van der Waals surface area contributed by atoms with Crippen LogP contribution >= 0.6 is 0 Å². The Kier molecular flexibility index (Phi) is 6.46. The molecule has 0 aliphatic rings. The summed E-state index contributed by atoms with van der Waals surface area (Å²) in [5, 5.41) is 0. The summed E-state index contributed by atoms with van der Waals surface area (Å²) < 4.78 is 32.1. The summed E-state index contributed by atoms with van der Waals surface area (Å²) in [6.45, 7) is 3.63. The van der Waals surface area contributed by atoms with Crippen molar-refractivity contribution in [3.05, 3.63) is 90.0 Å². The maximum atomic E-state index is 12.3. The third-order valence-electron chi connectivity index (χ3n) is 4.22. The second-order valence-corrected chi connectivity index (χ2v) is 8.65. The quantitative estimate of drug-likeness (QED) is 0.587. The molecule has 0 amide bonds. The molecule has 0 atom stereocenters. The van der Waals surface area contributed by atoms with Crippen LogP contribution in [0.25, 0.3) is 11.1 Å².